The third-order valence-corrected chi connectivity index (χ3v) is 6.00. The number of rotatable bonds is 4. The van der Waals surface area contributed by atoms with Crippen LogP contribution in [0.5, 0.6) is 5.75 Å². The second kappa shape index (κ2) is 6.53. The zero-order valence-corrected chi connectivity index (χ0v) is 15.9. The fourth-order valence-corrected chi connectivity index (χ4v) is 4.66. The monoisotopic (exact) mass is 363 g/mol. The fraction of sp³-hybridized carbons (Fsp3) is 0.429. The normalized spacial score (nSPS) is 21.9. The molecular formula is C21H25N5O. The van der Waals surface area contributed by atoms with E-state index in [-0.39, 0.29) is 0 Å². The number of hydrogen-bond acceptors (Lipinski definition) is 4. The summed E-state index contributed by atoms with van der Waals surface area (Å²) in [6.45, 7) is 4.36. The van der Waals surface area contributed by atoms with Crippen LogP contribution in [0.25, 0.3) is 11.3 Å². The highest BCUT2D eigenvalue weighted by atomic mass is 16.5. The van der Waals surface area contributed by atoms with Crippen molar-refractivity contribution in [2.24, 2.45) is 18.9 Å². The number of benzene rings is 1. The summed E-state index contributed by atoms with van der Waals surface area (Å²) in [6, 6.07) is 8.29. The van der Waals surface area contributed by atoms with E-state index >= 15 is 0 Å². The molecule has 0 radical (unpaired) electrons. The number of nitrogens with zero attached hydrogens (tertiary/aromatic N) is 5. The maximum atomic E-state index is 5.28. The van der Waals surface area contributed by atoms with Crippen LogP contribution in [0.2, 0.25) is 0 Å². The Hall–Kier alpha value is -2.60. The van der Waals surface area contributed by atoms with Crippen LogP contribution in [0.15, 0.2) is 42.9 Å². The Morgan fingerprint density at radius 3 is 2.63 bits per heavy atom. The van der Waals surface area contributed by atoms with Crippen molar-refractivity contribution in [3.05, 3.63) is 54.2 Å². The molecule has 0 unspecified atom stereocenters. The van der Waals surface area contributed by atoms with E-state index in [0.29, 0.717) is 11.8 Å². The lowest BCUT2D eigenvalue weighted by molar-refractivity contribution is 0.307. The minimum atomic E-state index is 0.695. The van der Waals surface area contributed by atoms with Crippen LogP contribution in [0.1, 0.15) is 11.4 Å². The van der Waals surface area contributed by atoms with Gasteiger partial charge in [-0.3, -0.25) is 9.58 Å². The molecule has 2 atom stereocenters. The van der Waals surface area contributed by atoms with Crippen LogP contribution in [0.4, 0.5) is 0 Å². The highest BCUT2D eigenvalue weighted by Crippen LogP contribution is 2.36. The van der Waals surface area contributed by atoms with Crippen molar-refractivity contribution < 1.29 is 4.74 Å². The summed E-state index contributed by atoms with van der Waals surface area (Å²) >= 11 is 0. The first-order valence-corrected chi connectivity index (χ1v) is 9.58. The molecule has 1 fully saturated rings. The van der Waals surface area contributed by atoms with Gasteiger partial charge in [0.25, 0.3) is 0 Å². The molecule has 0 N–H and O–H groups in total. The SMILES string of the molecule is COc1ccc(-c2cnc3n2C[C@@H]2CN(Cc4cnn(C)c4)C[C@H]2C3)cc1. The molecule has 2 aromatic heterocycles. The van der Waals surface area contributed by atoms with Crippen LogP contribution in [0.3, 0.4) is 0 Å². The molecule has 6 heteroatoms. The van der Waals surface area contributed by atoms with E-state index < -0.39 is 0 Å². The van der Waals surface area contributed by atoms with Crippen LogP contribution in [0, 0.1) is 11.8 Å². The van der Waals surface area contributed by atoms with Crippen molar-refractivity contribution in [2.75, 3.05) is 20.2 Å². The summed E-state index contributed by atoms with van der Waals surface area (Å²) in [5.41, 5.74) is 3.72. The Bertz CT molecular complexity index is 942. The van der Waals surface area contributed by atoms with Gasteiger partial charge in [-0.1, -0.05) is 0 Å². The quantitative estimate of drug-likeness (QED) is 0.715. The number of imidazole rings is 1. The zero-order valence-electron chi connectivity index (χ0n) is 15.9. The van der Waals surface area contributed by atoms with Gasteiger partial charge in [0.2, 0.25) is 0 Å². The molecule has 0 bridgehead atoms. The second-order valence-electron chi connectivity index (χ2n) is 7.84. The molecule has 4 heterocycles. The fourth-order valence-electron chi connectivity index (χ4n) is 4.66. The Labute approximate surface area is 159 Å². The Morgan fingerprint density at radius 1 is 1.07 bits per heavy atom. The van der Waals surface area contributed by atoms with Crippen LogP contribution in [-0.4, -0.2) is 44.4 Å². The summed E-state index contributed by atoms with van der Waals surface area (Å²) in [6.07, 6.45) is 7.21. The predicted octanol–water partition coefficient (Wildman–Crippen LogP) is 2.60. The first-order valence-electron chi connectivity index (χ1n) is 9.58. The molecule has 6 nitrogen and oxygen atoms in total. The standard InChI is InChI=1S/C21H25N5O/c1-24-10-15(8-23-24)11-25-12-17-7-21-22-9-20(26(21)14-18(17)13-25)16-3-5-19(27-2)6-4-16/h3-6,8-10,17-18H,7,11-14H2,1-2H3/t17-,18+/m1/s1. The lowest BCUT2D eigenvalue weighted by Gasteiger charge is -2.27. The van der Waals surface area contributed by atoms with Gasteiger partial charge < -0.3 is 9.30 Å². The smallest absolute Gasteiger partial charge is 0.118 e. The molecule has 5 rings (SSSR count). The van der Waals surface area contributed by atoms with E-state index in [0.717, 1.165) is 38.3 Å². The topological polar surface area (TPSA) is 48.1 Å². The van der Waals surface area contributed by atoms with E-state index in [9.17, 15) is 0 Å². The number of likely N-dealkylation sites (tertiary alicyclic amines) is 1. The molecule has 0 amide bonds. The van der Waals surface area contributed by atoms with E-state index in [1.54, 1.807) is 7.11 Å². The van der Waals surface area contributed by atoms with Crippen LogP contribution in [-0.2, 0) is 26.6 Å². The molecule has 1 saturated heterocycles. The summed E-state index contributed by atoms with van der Waals surface area (Å²) < 4.78 is 9.60. The summed E-state index contributed by atoms with van der Waals surface area (Å²) in [7, 11) is 3.68. The van der Waals surface area contributed by atoms with Crippen molar-refractivity contribution in [1.29, 1.82) is 0 Å². The Kier molecular flexibility index (Phi) is 4.01. The molecule has 2 aliphatic rings. The third-order valence-electron chi connectivity index (χ3n) is 6.00. The van der Waals surface area contributed by atoms with Crippen molar-refractivity contribution in [3.8, 4) is 17.0 Å². The Balaban J connectivity index is 1.33. The molecule has 140 valence electrons. The summed E-state index contributed by atoms with van der Waals surface area (Å²) in [5.74, 6) is 3.52. The number of aryl methyl sites for hydroxylation is 1. The van der Waals surface area contributed by atoms with Gasteiger partial charge in [-0.2, -0.15) is 5.10 Å². The first kappa shape index (κ1) is 16.6. The van der Waals surface area contributed by atoms with Gasteiger partial charge in [0, 0.05) is 57.0 Å². The number of hydrogen-bond donors (Lipinski definition) is 0. The maximum absolute atomic E-state index is 5.28. The number of ether oxygens (including phenoxy) is 1. The van der Waals surface area contributed by atoms with Gasteiger partial charge in [-0.05, 0) is 36.1 Å². The highest BCUT2D eigenvalue weighted by molar-refractivity contribution is 5.60. The molecule has 0 aliphatic carbocycles. The van der Waals surface area contributed by atoms with Gasteiger partial charge >= 0.3 is 0 Å². The van der Waals surface area contributed by atoms with E-state index in [1.165, 1.54) is 22.6 Å². The van der Waals surface area contributed by atoms with Crippen molar-refractivity contribution in [2.45, 2.75) is 19.5 Å². The van der Waals surface area contributed by atoms with Gasteiger partial charge in [-0.15, -0.1) is 0 Å². The van der Waals surface area contributed by atoms with Crippen molar-refractivity contribution >= 4 is 0 Å². The summed E-state index contributed by atoms with van der Waals surface area (Å²) in [4.78, 5) is 7.32. The third kappa shape index (κ3) is 3.04. The minimum absolute atomic E-state index is 0.695. The van der Waals surface area contributed by atoms with Crippen LogP contribution >= 0.6 is 0 Å². The van der Waals surface area contributed by atoms with Gasteiger partial charge in [0.05, 0.1) is 25.2 Å². The zero-order chi connectivity index (χ0) is 18.4. The van der Waals surface area contributed by atoms with Crippen molar-refractivity contribution in [1.82, 2.24) is 24.2 Å². The predicted molar refractivity (Wildman–Crippen MR) is 103 cm³/mol. The molecule has 0 saturated carbocycles. The maximum Gasteiger partial charge on any atom is 0.118 e. The number of methoxy groups -OCH3 is 1. The lowest BCUT2D eigenvalue weighted by Crippen LogP contribution is -2.28. The molecule has 1 aromatic carbocycles. The van der Waals surface area contributed by atoms with Gasteiger partial charge in [0.1, 0.15) is 11.6 Å². The van der Waals surface area contributed by atoms with Gasteiger partial charge in [0.15, 0.2) is 0 Å². The average Bonchev–Trinajstić information content (AvgIpc) is 3.38. The molecule has 0 spiro atoms. The summed E-state index contributed by atoms with van der Waals surface area (Å²) in [5, 5.41) is 4.30. The molecule has 3 aromatic rings. The Morgan fingerprint density at radius 2 is 1.89 bits per heavy atom. The first-order chi connectivity index (χ1) is 13.2. The minimum Gasteiger partial charge on any atom is -0.497 e. The average molecular weight is 363 g/mol. The second-order valence-corrected chi connectivity index (χ2v) is 7.84. The van der Waals surface area contributed by atoms with E-state index in [4.69, 9.17) is 9.72 Å². The van der Waals surface area contributed by atoms with Crippen molar-refractivity contribution in [3.63, 3.8) is 0 Å². The van der Waals surface area contributed by atoms with E-state index in [2.05, 4.69) is 32.9 Å². The lowest BCUT2D eigenvalue weighted by atomic mass is 9.89. The number of aromatic nitrogens is 4. The van der Waals surface area contributed by atoms with E-state index in [1.807, 2.05) is 36.3 Å². The molecule has 27 heavy (non-hydrogen) atoms. The highest BCUT2D eigenvalue weighted by Gasteiger charge is 2.37. The number of fused-ring (bicyclic) bond motifs is 2. The largest absolute Gasteiger partial charge is 0.497 e. The molecule has 2 aliphatic heterocycles. The van der Waals surface area contributed by atoms with Gasteiger partial charge in [-0.25, -0.2) is 4.98 Å². The molecular weight excluding hydrogens is 338 g/mol. The van der Waals surface area contributed by atoms with Crippen LogP contribution < -0.4 is 4.74 Å².